The molecular weight excluding hydrogens is 368 g/mol. The Kier molecular flexibility index (Phi) is 5.13. The lowest BCUT2D eigenvalue weighted by Crippen LogP contribution is -2.52. The van der Waals surface area contributed by atoms with E-state index in [-0.39, 0.29) is 44.9 Å². The van der Waals surface area contributed by atoms with Gasteiger partial charge in [-0.25, -0.2) is 18.6 Å². The van der Waals surface area contributed by atoms with Crippen molar-refractivity contribution in [2.45, 2.75) is 24.8 Å². The van der Waals surface area contributed by atoms with Gasteiger partial charge in [0.25, 0.3) is 12.3 Å². The summed E-state index contributed by atoms with van der Waals surface area (Å²) >= 11 is 6.04. The zero-order valence-corrected chi connectivity index (χ0v) is 14.6. The lowest BCUT2D eigenvalue weighted by atomic mass is 10.1. The molecule has 1 aromatic rings. The monoisotopic (exact) mass is 385 g/mol. The fourth-order valence-corrected chi connectivity index (χ4v) is 3.13. The number of hydrogen-bond acceptors (Lipinski definition) is 3. The van der Waals surface area contributed by atoms with Crippen LogP contribution in [0.5, 0.6) is 0 Å². The van der Waals surface area contributed by atoms with Crippen LogP contribution < -0.4 is 0 Å². The zero-order valence-electron chi connectivity index (χ0n) is 13.9. The molecule has 1 aromatic carbocycles. The molecule has 2 fully saturated rings. The lowest BCUT2D eigenvalue weighted by molar-refractivity contribution is -0.139. The molecule has 1 N–H and O–H groups in total. The predicted molar refractivity (Wildman–Crippen MR) is 92.0 cm³/mol. The molecule has 1 amide bonds. The lowest BCUT2D eigenvalue weighted by Gasteiger charge is -2.36. The molecule has 0 atom stereocenters. The van der Waals surface area contributed by atoms with E-state index in [9.17, 15) is 18.4 Å². The number of benzene rings is 1. The van der Waals surface area contributed by atoms with Gasteiger partial charge in [-0.1, -0.05) is 23.7 Å². The van der Waals surface area contributed by atoms with Gasteiger partial charge in [0.1, 0.15) is 0 Å². The van der Waals surface area contributed by atoms with Gasteiger partial charge in [-0.3, -0.25) is 4.79 Å². The SMILES string of the molecule is O=C(c1ccccc1Cl)N1CCN(/C(=N/C2(C(=O)O)CC2)C(F)F)CC1. The number of nitrogens with zero attached hydrogens (tertiary/aromatic N) is 3. The Morgan fingerprint density at radius 2 is 1.69 bits per heavy atom. The average Bonchev–Trinajstić information content (AvgIpc) is 3.41. The highest BCUT2D eigenvalue weighted by Crippen LogP contribution is 2.40. The van der Waals surface area contributed by atoms with Gasteiger partial charge in [0.15, 0.2) is 11.4 Å². The molecule has 1 aliphatic carbocycles. The van der Waals surface area contributed by atoms with Gasteiger partial charge in [0.05, 0.1) is 10.6 Å². The number of alkyl halides is 2. The van der Waals surface area contributed by atoms with Crippen LogP contribution in [0, 0.1) is 0 Å². The summed E-state index contributed by atoms with van der Waals surface area (Å²) in [7, 11) is 0. The smallest absolute Gasteiger partial charge is 0.331 e. The van der Waals surface area contributed by atoms with Crippen molar-refractivity contribution in [1.29, 1.82) is 0 Å². The van der Waals surface area contributed by atoms with Crippen LogP contribution in [0.4, 0.5) is 8.78 Å². The molecule has 1 saturated carbocycles. The van der Waals surface area contributed by atoms with Gasteiger partial charge in [-0.15, -0.1) is 0 Å². The highest BCUT2D eigenvalue weighted by molar-refractivity contribution is 6.33. The van der Waals surface area contributed by atoms with Crippen LogP contribution in [0.25, 0.3) is 0 Å². The summed E-state index contributed by atoms with van der Waals surface area (Å²) in [5.41, 5.74) is -1.04. The Morgan fingerprint density at radius 3 is 2.19 bits per heavy atom. The maximum absolute atomic E-state index is 13.4. The van der Waals surface area contributed by atoms with Crippen molar-refractivity contribution < 1.29 is 23.5 Å². The summed E-state index contributed by atoms with van der Waals surface area (Å²) in [4.78, 5) is 30.5. The van der Waals surface area contributed by atoms with Gasteiger partial charge >= 0.3 is 5.97 Å². The van der Waals surface area contributed by atoms with Crippen molar-refractivity contribution in [3.63, 3.8) is 0 Å². The van der Waals surface area contributed by atoms with E-state index in [0.717, 1.165) is 0 Å². The Balaban J connectivity index is 1.69. The van der Waals surface area contributed by atoms with Gasteiger partial charge in [0, 0.05) is 26.2 Å². The molecular formula is C17H18ClF2N3O3. The number of halogens is 3. The predicted octanol–water partition coefficient (Wildman–Crippen LogP) is 2.38. The summed E-state index contributed by atoms with van der Waals surface area (Å²) in [6.07, 6.45) is -2.33. The third kappa shape index (κ3) is 3.65. The first-order valence-electron chi connectivity index (χ1n) is 8.24. The average molecular weight is 386 g/mol. The second kappa shape index (κ2) is 7.19. The van der Waals surface area contributed by atoms with E-state index >= 15 is 0 Å². The van der Waals surface area contributed by atoms with Crippen molar-refractivity contribution in [3.05, 3.63) is 34.9 Å². The Labute approximate surface area is 154 Å². The standard InChI is InChI=1S/C17H18ClF2N3O3/c18-12-4-2-1-3-11(12)15(24)23-9-7-22(8-10-23)14(13(19)20)21-17(5-6-17)16(25)26/h1-4,13H,5-10H2,(H,25,26)/b21-14+. The number of hydrogen-bond donors (Lipinski definition) is 1. The number of amidine groups is 1. The Hall–Kier alpha value is -2.22. The molecule has 2 aliphatic rings. The number of piperazine rings is 1. The molecule has 0 bridgehead atoms. The molecule has 6 nitrogen and oxygen atoms in total. The number of carbonyl (C=O) groups excluding carboxylic acids is 1. The summed E-state index contributed by atoms with van der Waals surface area (Å²) < 4.78 is 26.8. The van der Waals surface area contributed by atoms with Gasteiger partial charge in [0.2, 0.25) is 0 Å². The summed E-state index contributed by atoms with van der Waals surface area (Å²) in [5, 5.41) is 9.50. The highest BCUT2D eigenvalue weighted by Gasteiger charge is 2.52. The van der Waals surface area contributed by atoms with Crippen molar-refractivity contribution in [2.24, 2.45) is 4.99 Å². The topological polar surface area (TPSA) is 73.2 Å². The van der Waals surface area contributed by atoms with Crippen LogP contribution in [-0.4, -0.2) is 70.8 Å². The minimum Gasteiger partial charge on any atom is -0.479 e. The molecule has 0 unspecified atom stereocenters. The van der Waals surface area contributed by atoms with Crippen LogP contribution >= 0.6 is 11.6 Å². The molecule has 140 valence electrons. The first-order valence-corrected chi connectivity index (χ1v) is 8.62. The van der Waals surface area contributed by atoms with Crippen LogP contribution in [-0.2, 0) is 4.79 Å². The van der Waals surface area contributed by atoms with E-state index in [4.69, 9.17) is 16.7 Å². The van der Waals surface area contributed by atoms with Crippen LogP contribution in [0.15, 0.2) is 29.3 Å². The minimum absolute atomic E-state index is 0.162. The molecule has 1 saturated heterocycles. The van der Waals surface area contributed by atoms with E-state index in [1.165, 1.54) is 4.90 Å². The normalized spacial score (nSPS) is 19.6. The van der Waals surface area contributed by atoms with E-state index in [1.807, 2.05) is 0 Å². The number of carbonyl (C=O) groups is 2. The zero-order chi connectivity index (χ0) is 18.9. The number of amides is 1. The van der Waals surface area contributed by atoms with Crippen LogP contribution in [0.3, 0.4) is 0 Å². The second-order valence-electron chi connectivity index (χ2n) is 6.37. The van der Waals surface area contributed by atoms with E-state index < -0.39 is 23.8 Å². The second-order valence-corrected chi connectivity index (χ2v) is 6.77. The summed E-state index contributed by atoms with van der Waals surface area (Å²) in [6, 6.07) is 6.66. The number of rotatable bonds is 4. The van der Waals surface area contributed by atoms with Gasteiger partial charge in [-0.05, 0) is 25.0 Å². The van der Waals surface area contributed by atoms with Crippen LogP contribution in [0.2, 0.25) is 5.02 Å². The van der Waals surface area contributed by atoms with Crippen LogP contribution in [0.1, 0.15) is 23.2 Å². The molecule has 3 rings (SSSR count). The molecule has 0 spiro atoms. The first-order chi connectivity index (χ1) is 12.3. The van der Waals surface area contributed by atoms with Crippen molar-refractivity contribution >= 4 is 29.3 Å². The number of carboxylic acids is 1. The quantitative estimate of drug-likeness (QED) is 0.638. The largest absolute Gasteiger partial charge is 0.479 e. The number of carboxylic acid groups (broad SMARTS) is 1. The maximum atomic E-state index is 13.4. The van der Waals surface area contributed by atoms with E-state index in [1.54, 1.807) is 29.2 Å². The summed E-state index contributed by atoms with van der Waals surface area (Å²) in [6.45, 7) is 0.788. The molecule has 0 aromatic heterocycles. The fourth-order valence-electron chi connectivity index (χ4n) is 2.91. The van der Waals surface area contributed by atoms with Crippen molar-refractivity contribution in [1.82, 2.24) is 9.80 Å². The molecule has 1 heterocycles. The van der Waals surface area contributed by atoms with Gasteiger partial charge < -0.3 is 14.9 Å². The van der Waals surface area contributed by atoms with Gasteiger partial charge in [-0.2, -0.15) is 0 Å². The number of aliphatic carboxylic acids is 1. The van der Waals surface area contributed by atoms with Crippen molar-refractivity contribution in [2.75, 3.05) is 26.2 Å². The third-order valence-electron chi connectivity index (χ3n) is 4.64. The molecule has 9 heteroatoms. The minimum atomic E-state index is -2.86. The molecule has 1 aliphatic heterocycles. The fraction of sp³-hybridized carbons (Fsp3) is 0.471. The van der Waals surface area contributed by atoms with E-state index in [2.05, 4.69) is 4.99 Å². The summed E-state index contributed by atoms with van der Waals surface area (Å²) in [5.74, 6) is -1.94. The number of aliphatic imine (C=N–C) groups is 1. The Bertz CT molecular complexity index is 745. The molecule has 0 radical (unpaired) electrons. The maximum Gasteiger partial charge on any atom is 0.331 e. The van der Waals surface area contributed by atoms with E-state index in [0.29, 0.717) is 10.6 Å². The molecule has 26 heavy (non-hydrogen) atoms. The third-order valence-corrected chi connectivity index (χ3v) is 4.97. The highest BCUT2D eigenvalue weighted by atomic mass is 35.5. The van der Waals surface area contributed by atoms with Crippen molar-refractivity contribution in [3.8, 4) is 0 Å². The Morgan fingerprint density at radius 1 is 1.12 bits per heavy atom. The first kappa shape index (κ1) is 18.6.